The lowest BCUT2D eigenvalue weighted by Crippen LogP contribution is -2.31. The molecule has 18 heavy (non-hydrogen) atoms. The predicted octanol–water partition coefficient (Wildman–Crippen LogP) is 3.01. The molecule has 0 spiro atoms. The second-order valence-corrected chi connectivity index (χ2v) is 5.35. The highest BCUT2D eigenvalue weighted by Crippen LogP contribution is 2.37. The highest BCUT2D eigenvalue weighted by molar-refractivity contribution is 9.10. The fraction of sp³-hybridized carbons (Fsp3) is 0.500. The first kappa shape index (κ1) is 13.3. The molecule has 0 heterocycles. The largest absolute Gasteiger partial charge is 0.483 e. The number of nitrogens with zero attached hydrogens (tertiary/aromatic N) is 1. The molecule has 0 saturated heterocycles. The van der Waals surface area contributed by atoms with E-state index in [9.17, 15) is 10.1 Å². The number of rotatable bonds is 3. The van der Waals surface area contributed by atoms with Gasteiger partial charge in [-0.25, -0.2) is 0 Å². The monoisotopic (exact) mass is 314 g/mol. The van der Waals surface area contributed by atoms with Crippen molar-refractivity contribution in [1.82, 2.24) is 0 Å². The fourth-order valence-electron chi connectivity index (χ4n) is 2.13. The Hall–Kier alpha value is -1.14. The molecule has 0 radical (unpaired) electrons. The lowest BCUT2D eigenvalue weighted by atomic mass is 9.94. The molecule has 0 atom stereocenters. The molecular formula is C12H15BrN2O3. The van der Waals surface area contributed by atoms with Crippen LogP contribution in [0.4, 0.5) is 5.69 Å². The van der Waals surface area contributed by atoms with Crippen LogP contribution >= 0.6 is 15.9 Å². The SMILES string of the molecule is NC1CCC(Oc2c(Br)cccc2[N+](=O)[O-])CC1. The summed E-state index contributed by atoms with van der Waals surface area (Å²) in [6.07, 6.45) is 3.52. The zero-order valence-electron chi connectivity index (χ0n) is 9.84. The Morgan fingerprint density at radius 1 is 1.33 bits per heavy atom. The zero-order chi connectivity index (χ0) is 13.1. The minimum atomic E-state index is -0.422. The number of para-hydroxylation sites is 1. The van der Waals surface area contributed by atoms with Crippen LogP contribution in [-0.2, 0) is 0 Å². The van der Waals surface area contributed by atoms with Gasteiger partial charge in [0.25, 0.3) is 0 Å². The maximum atomic E-state index is 11.0. The number of halogens is 1. The standard InChI is InChI=1S/C12H15BrN2O3/c13-10-2-1-3-11(15(16)17)12(10)18-9-6-4-8(14)5-7-9/h1-3,8-9H,4-7,14H2. The molecule has 0 aromatic heterocycles. The summed E-state index contributed by atoms with van der Waals surface area (Å²) in [6.45, 7) is 0. The Bertz CT molecular complexity index is 445. The maximum Gasteiger partial charge on any atom is 0.312 e. The van der Waals surface area contributed by atoms with Crippen molar-refractivity contribution in [3.05, 3.63) is 32.8 Å². The molecule has 1 aliphatic carbocycles. The topological polar surface area (TPSA) is 78.4 Å². The van der Waals surface area contributed by atoms with Crippen molar-refractivity contribution >= 4 is 21.6 Å². The van der Waals surface area contributed by atoms with Crippen molar-refractivity contribution < 1.29 is 9.66 Å². The fourth-order valence-corrected chi connectivity index (χ4v) is 2.58. The first-order valence-corrected chi connectivity index (χ1v) is 6.72. The van der Waals surface area contributed by atoms with Crippen LogP contribution in [0.5, 0.6) is 5.75 Å². The van der Waals surface area contributed by atoms with E-state index in [4.69, 9.17) is 10.5 Å². The Labute approximate surface area is 114 Å². The van der Waals surface area contributed by atoms with Gasteiger partial charge in [0, 0.05) is 12.1 Å². The van der Waals surface area contributed by atoms with Crippen LogP contribution < -0.4 is 10.5 Å². The molecule has 98 valence electrons. The van der Waals surface area contributed by atoms with E-state index in [2.05, 4.69) is 15.9 Å². The van der Waals surface area contributed by atoms with Gasteiger partial charge in [-0.3, -0.25) is 10.1 Å². The van der Waals surface area contributed by atoms with Gasteiger partial charge in [0.1, 0.15) is 0 Å². The number of nitro benzene ring substituents is 1. The molecule has 0 aliphatic heterocycles. The van der Waals surface area contributed by atoms with Gasteiger partial charge in [-0.1, -0.05) is 6.07 Å². The van der Waals surface area contributed by atoms with Crippen molar-refractivity contribution in [1.29, 1.82) is 0 Å². The molecule has 5 nitrogen and oxygen atoms in total. The predicted molar refractivity (Wildman–Crippen MR) is 71.7 cm³/mol. The molecule has 2 rings (SSSR count). The summed E-state index contributed by atoms with van der Waals surface area (Å²) in [5.41, 5.74) is 5.82. The van der Waals surface area contributed by atoms with Crippen molar-refractivity contribution in [2.75, 3.05) is 0 Å². The molecule has 0 bridgehead atoms. The van der Waals surface area contributed by atoms with Gasteiger partial charge in [0.15, 0.2) is 0 Å². The van der Waals surface area contributed by atoms with E-state index in [1.807, 2.05) is 0 Å². The third-order valence-electron chi connectivity index (χ3n) is 3.15. The summed E-state index contributed by atoms with van der Waals surface area (Å²) < 4.78 is 6.40. The lowest BCUT2D eigenvalue weighted by Gasteiger charge is -2.26. The summed E-state index contributed by atoms with van der Waals surface area (Å²) in [5.74, 6) is 0.322. The molecule has 0 amide bonds. The van der Waals surface area contributed by atoms with Crippen LogP contribution in [0.25, 0.3) is 0 Å². The average Bonchev–Trinajstić information content (AvgIpc) is 2.34. The van der Waals surface area contributed by atoms with Crippen molar-refractivity contribution in [2.24, 2.45) is 5.73 Å². The van der Waals surface area contributed by atoms with Crippen LogP contribution in [-0.4, -0.2) is 17.1 Å². The summed E-state index contributed by atoms with van der Waals surface area (Å²) in [5, 5.41) is 11.0. The first-order chi connectivity index (χ1) is 8.58. The number of hydrogen-bond acceptors (Lipinski definition) is 4. The second-order valence-electron chi connectivity index (χ2n) is 4.50. The van der Waals surface area contributed by atoms with Crippen LogP contribution in [0.3, 0.4) is 0 Å². The number of ether oxygens (including phenoxy) is 1. The summed E-state index contributed by atoms with van der Waals surface area (Å²) in [7, 11) is 0. The number of hydrogen-bond donors (Lipinski definition) is 1. The van der Waals surface area contributed by atoms with E-state index in [1.54, 1.807) is 12.1 Å². The quantitative estimate of drug-likeness (QED) is 0.687. The highest BCUT2D eigenvalue weighted by Gasteiger charge is 2.25. The number of benzene rings is 1. The van der Waals surface area contributed by atoms with Crippen LogP contribution in [0.2, 0.25) is 0 Å². The van der Waals surface area contributed by atoms with Crippen molar-refractivity contribution in [2.45, 2.75) is 37.8 Å². The van der Waals surface area contributed by atoms with Gasteiger partial charge in [-0.05, 0) is 47.7 Å². The summed E-state index contributed by atoms with van der Waals surface area (Å²) in [4.78, 5) is 10.5. The Morgan fingerprint density at radius 3 is 2.61 bits per heavy atom. The molecule has 0 unspecified atom stereocenters. The molecule has 1 aromatic carbocycles. The van der Waals surface area contributed by atoms with Crippen LogP contribution in [0.1, 0.15) is 25.7 Å². The van der Waals surface area contributed by atoms with Gasteiger partial charge in [0.2, 0.25) is 5.75 Å². The van der Waals surface area contributed by atoms with E-state index in [-0.39, 0.29) is 17.8 Å². The van der Waals surface area contributed by atoms with Gasteiger partial charge in [-0.15, -0.1) is 0 Å². The van der Waals surface area contributed by atoms with Gasteiger partial charge >= 0.3 is 5.69 Å². The molecule has 1 aromatic rings. The van der Waals surface area contributed by atoms with Crippen molar-refractivity contribution in [3.63, 3.8) is 0 Å². The van der Waals surface area contributed by atoms with E-state index in [0.717, 1.165) is 25.7 Å². The van der Waals surface area contributed by atoms with Crippen LogP contribution in [0.15, 0.2) is 22.7 Å². The minimum absolute atomic E-state index is 0.000697. The normalized spacial score (nSPS) is 23.7. The second kappa shape index (κ2) is 5.67. The Morgan fingerprint density at radius 2 is 2.00 bits per heavy atom. The average molecular weight is 315 g/mol. The third-order valence-corrected chi connectivity index (χ3v) is 3.77. The Balaban J connectivity index is 2.15. The third kappa shape index (κ3) is 3.00. The maximum absolute atomic E-state index is 11.0. The molecule has 6 heteroatoms. The van der Waals surface area contributed by atoms with E-state index in [1.165, 1.54) is 6.07 Å². The minimum Gasteiger partial charge on any atom is -0.483 e. The zero-order valence-corrected chi connectivity index (χ0v) is 11.4. The molecule has 1 fully saturated rings. The van der Waals surface area contributed by atoms with Crippen LogP contribution in [0, 0.1) is 10.1 Å². The smallest absolute Gasteiger partial charge is 0.312 e. The number of nitro groups is 1. The highest BCUT2D eigenvalue weighted by atomic mass is 79.9. The number of nitrogens with two attached hydrogens (primary N) is 1. The molecule has 1 saturated carbocycles. The summed E-state index contributed by atoms with van der Waals surface area (Å²) in [6, 6.07) is 5.07. The van der Waals surface area contributed by atoms with E-state index >= 15 is 0 Å². The summed E-state index contributed by atoms with van der Waals surface area (Å²) >= 11 is 3.30. The van der Waals surface area contributed by atoms with Gasteiger partial charge in [-0.2, -0.15) is 0 Å². The Kier molecular flexibility index (Phi) is 4.19. The first-order valence-electron chi connectivity index (χ1n) is 5.93. The van der Waals surface area contributed by atoms with E-state index < -0.39 is 4.92 Å². The van der Waals surface area contributed by atoms with E-state index in [0.29, 0.717) is 10.2 Å². The molecule has 2 N–H and O–H groups in total. The molecule has 1 aliphatic rings. The van der Waals surface area contributed by atoms with Crippen molar-refractivity contribution in [3.8, 4) is 5.75 Å². The van der Waals surface area contributed by atoms with Gasteiger partial charge < -0.3 is 10.5 Å². The van der Waals surface area contributed by atoms with Gasteiger partial charge in [0.05, 0.1) is 15.5 Å². The molecular weight excluding hydrogens is 300 g/mol. The lowest BCUT2D eigenvalue weighted by molar-refractivity contribution is -0.386.